The lowest BCUT2D eigenvalue weighted by atomic mass is 10.1. The average Bonchev–Trinajstić information content (AvgIpc) is 2.62. The van der Waals surface area contributed by atoms with Crippen LogP contribution in [0.25, 0.3) is 0 Å². The van der Waals surface area contributed by atoms with Gasteiger partial charge in [0.1, 0.15) is 0 Å². The number of fused-ring (bicyclic) bond motifs is 1. The van der Waals surface area contributed by atoms with Crippen molar-refractivity contribution in [3.63, 3.8) is 0 Å². The molecule has 1 aliphatic rings. The maximum atomic E-state index is 5.71. The lowest BCUT2D eigenvalue weighted by molar-refractivity contribution is -0.0741. The van der Waals surface area contributed by atoms with E-state index >= 15 is 0 Å². The Hall–Kier alpha value is -1.17. The molecule has 1 aromatic rings. The van der Waals surface area contributed by atoms with Crippen molar-refractivity contribution in [1.82, 2.24) is 4.90 Å². The summed E-state index contributed by atoms with van der Waals surface area (Å²) in [5, 5.41) is 0.273. The summed E-state index contributed by atoms with van der Waals surface area (Å²) in [6.45, 7) is 0. The zero-order valence-corrected chi connectivity index (χ0v) is 10.0. The minimum Gasteiger partial charge on any atom is -0.376 e. The van der Waals surface area contributed by atoms with Crippen molar-refractivity contribution in [2.75, 3.05) is 14.2 Å². The fourth-order valence-corrected chi connectivity index (χ4v) is 2.29. The molecule has 0 radical (unpaired) electrons. The van der Waals surface area contributed by atoms with Gasteiger partial charge in [0.25, 0.3) is 0 Å². The van der Waals surface area contributed by atoms with Crippen molar-refractivity contribution in [2.24, 2.45) is 5.73 Å². The number of ether oxygens (including phenoxy) is 2. The molecular weight excluding hydrogens is 224 g/mol. The van der Waals surface area contributed by atoms with Crippen LogP contribution in [0.5, 0.6) is 0 Å². The maximum absolute atomic E-state index is 5.71. The third-order valence-electron chi connectivity index (χ3n) is 2.73. The molecule has 0 spiro atoms. The van der Waals surface area contributed by atoms with E-state index in [9.17, 15) is 0 Å². The van der Waals surface area contributed by atoms with E-state index in [1.165, 1.54) is 0 Å². The molecule has 86 valence electrons. The second-order valence-electron chi connectivity index (χ2n) is 3.55. The molecule has 16 heavy (non-hydrogen) atoms. The van der Waals surface area contributed by atoms with Gasteiger partial charge in [-0.3, -0.25) is 4.90 Å². The number of rotatable bonds is 2. The van der Waals surface area contributed by atoms with Crippen LogP contribution in [0.3, 0.4) is 0 Å². The normalized spacial score (nSPS) is 23.2. The SMILES string of the molecule is CO[C@@H]1c2ccccc2[C@H](OC)N1C(N)=S. The molecule has 0 bridgehead atoms. The summed E-state index contributed by atoms with van der Waals surface area (Å²) >= 11 is 5.03. The van der Waals surface area contributed by atoms with Gasteiger partial charge in [-0.2, -0.15) is 0 Å². The number of methoxy groups -OCH3 is 2. The number of thiocarbonyl (C=S) groups is 1. The Morgan fingerprint density at radius 3 is 1.94 bits per heavy atom. The van der Waals surface area contributed by atoms with Crippen molar-refractivity contribution in [2.45, 2.75) is 12.5 Å². The number of nitrogens with zero attached hydrogens (tertiary/aromatic N) is 1. The first kappa shape index (κ1) is 11.3. The van der Waals surface area contributed by atoms with Gasteiger partial charge in [-0.15, -0.1) is 0 Å². The summed E-state index contributed by atoms with van der Waals surface area (Å²) in [5.74, 6) is 0. The lowest BCUT2D eigenvalue weighted by Crippen LogP contribution is -2.38. The minimum atomic E-state index is -0.265. The molecule has 5 heteroatoms. The highest BCUT2D eigenvalue weighted by Gasteiger charge is 2.39. The molecule has 0 fully saturated rings. The molecule has 0 saturated carbocycles. The van der Waals surface area contributed by atoms with Crippen LogP contribution in [0.1, 0.15) is 23.6 Å². The smallest absolute Gasteiger partial charge is 0.170 e. The van der Waals surface area contributed by atoms with Crippen LogP contribution in [-0.2, 0) is 9.47 Å². The van der Waals surface area contributed by atoms with Crippen molar-refractivity contribution in [3.05, 3.63) is 35.4 Å². The summed E-state index contributed by atoms with van der Waals surface area (Å²) in [7, 11) is 3.26. The molecule has 0 aromatic heterocycles. The van der Waals surface area contributed by atoms with E-state index in [-0.39, 0.29) is 17.6 Å². The standard InChI is InChI=1S/C11H14N2O2S/c1-14-9-7-5-3-4-6-8(7)10(15-2)13(9)11(12)16/h3-6,9-10H,1-2H3,(H2,12,16)/t9-,10+. The molecule has 0 amide bonds. The molecule has 1 aromatic carbocycles. The highest BCUT2D eigenvalue weighted by atomic mass is 32.1. The van der Waals surface area contributed by atoms with Crippen LogP contribution < -0.4 is 5.73 Å². The van der Waals surface area contributed by atoms with Crippen molar-refractivity contribution < 1.29 is 9.47 Å². The molecule has 2 rings (SSSR count). The van der Waals surface area contributed by atoms with Crippen LogP contribution in [0.2, 0.25) is 0 Å². The van der Waals surface area contributed by atoms with Gasteiger partial charge in [-0.25, -0.2) is 0 Å². The first-order valence-corrected chi connectivity index (χ1v) is 5.33. The fraction of sp³-hybridized carbons (Fsp3) is 0.364. The van der Waals surface area contributed by atoms with Crippen molar-refractivity contribution in [1.29, 1.82) is 0 Å². The van der Waals surface area contributed by atoms with E-state index in [1.807, 2.05) is 24.3 Å². The van der Waals surface area contributed by atoms with Crippen LogP contribution in [-0.4, -0.2) is 24.2 Å². The van der Waals surface area contributed by atoms with Crippen LogP contribution in [0.4, 0.5) is 0 Å². The van der Waals surface area contributed by atoms with E-state index in [2.05, 4.69) is 0 Å². The molecule has 2 N–H and O–H groups in total. The van der Waals surface area contributed by atoms with Crippen molar-refractivity contribution >= 4 is 17.3 Å². The van der Waals surface area contributed by atoms with Crippen LogP contribution in [0, 0.1) is 0 Å². The van der Waals surface area contributed by atoms with E-state index in [4.69, 9.17) is 27.4 Å². The van der Waals surface area contributed by atoms with Gasteiger partial charge in [0.2, 0.25) is 0 Å². The first-order valence-electron chi connectivity index (χ1n) is 4.93. The number of hydrogen-bond acceptors (Lipinski definition) is 3. The molecule has 4 nitrogen and oxygen atoms in total. The van der Waals surface area contributed by atoms with Gasteiger partial charge < -0.3 is 15.2 Å². The number of hydrogen-bond donors (Lipinski definition) is 1. The van der Waals surface area contributed by atoms with E-state index in [0.717, 1.165) is 11.1 Å². The third kappa shape index (κ3) is 1.57. The molecule has 2 atom stereocenters. The molecular formula is C11H14N2O2S. The molecule has 1 heterocycles. The Morgan fingerprint density at radius 1 is 1.19 bits per heavy atom. The average molecular weight is 238 g/mol. The topological polar surface area (TPSA) is 47.7 Å². The minimum absolute atomic E-state index is 0.265. The maximum Gasteiger partial charge on any atom is 0.170 e. The zero-order chi connectivity index (χ0) is 11.7. The van der Waals surface area contributed by atoms with E-state index < -0.39 is 0 Å². The van der Waals surface area contributed by atoms with Gasteiger partial charge in [0.05, 0.1) is 0 Å². The van der Waals surface area contributed by atoms with Gasteiger partial charge in [0.15, 0.2) is 17.6 Å². The quantitative estimate of drug-likeness (QED) is 0.792. The lowest BCUT2D eigenvalue weighted by Gasteiger charge is -2.28. The van der Waals surface area contributed by atoms with E-state index in [1.54, 1.807) is 19.1 Å². The Labute approximate surface area is 99.9 Å². The predicted molar refractivity (Wildman–Crippen MR) is 64.6 cm³/mol. The van der Waals surface area contributed by atoms with Crippen molar-refractivity contribution in [3.8, 4) is 0 Å². The number of nitrogens with two attached hydrogens (primary N) is 1. The second kappa shape index (κ2) is 4.37. The van der Waals surface area contributed by atoms with Gasteiger partial charge in [-0.05, 0) is 12.2 Å². The predicted octanol–water partition coefficient (Wildman–Crippen LogP) is 1.54. The molecule has 0 aliphatic carbocycles. The van der Waals surface area contributed by atoms with E-state index in [0.29, 0.717) is 0 Å². The highest BCUT2D eigenvalue weighted by molar-refractivity contribution is 7.80. The molecule has 0 saturated heterocycles. The Balaban J connectivity index is 2.49. The van der Waals surface area contributed by atoms with Gasteiger partial charge in [0, 0.05) is 25.3 Å². The fourth-order valence-electron chi connectivity index (χ4n) is 2.10. The Morgan fingerprint density at radius 2 is 1.62 bits per heavy atom. The summed E-state index contributed by atoms with van der Waals surface area (Å²) in [6, 6.07) is 7.91. The van der Waals surface area contributed by atoms with Gasteiger partial charge >= 0.3 is 0 Å². The summed E-state index contributed by atoms with van der Waals surface area (Å²) in [6.07, 6.45) is -0.530. The van der Waals surface area contributed by atoms with Crippen LogP contribution >= 0.6 is 12.2 Å². The monoisotopic (exact) mass is 238 g/mol. The number of benzene rings is 1. The largest absolute Gasteiger partial charge is 0.376 e. The summed E-state index contributed by atoms with van der Waals surface area (Å²) in [5.41, 5.74) is 7.80. The first-order chi connectivity index (χ1) is 7.70. The summed E-state index contributed by atoms with van der Waals surface area (Å²) in [4.78, 5) is 1.75. The summed E-state index contributed by atoms with van der Waals surface area (Å²) < 4.78 is 10.8. The second-order valence-corrected chi connectivity index (χ2v) is 3.97. The Bertz CT molecular complexity index is 380. The third-order valence-corrected chi connectivity index (χ3v) is 2.95. The highest BCUT2D eigenvalue weighted by Crippen LogP contribution is 2.42. The van der Waals surface area contributed by atoms with Gasteiger partial charge in [-0.1, -0.05) is 24.3 Å². The molecule has 1 aliphatic heterocycles. The zero-order valence-electron chi connectivity index (χ0n) is 9.21. The molecule has 0 unspecified atom stereocenters. The Kier molecular flexibility index (Phi) is 3.09. The van der Waals surface area contributed by atoms with Crippen LogP contribution in [0.15, 0.2) is 24.3 Å².